The first kappa shape index (κ1) is 12.6. The molecule has 1 aromatic rings. The predicted octanol–water partition coefficient (Wildman–Crippen LogP) is 1.20. The average molecular weight is 227 g/mol. The van der Waals surface area contributed by atoms with Gasteiger partial charge in [-0.1, -0.05) is 0 Å². The van der Waals surface area contributed by atoms with Crippen molar-refractivity contribution >= 4 is 18.2 Å². The van der Waals surface area contributed by atoms with Gasteiger partial charge in [-0.25, -0.2) is 9.97 Å². The Balaban J connectivity index is 0.00000169. The number of alkyl halides is 3. The summed E-state index contributed by atoms with van der Waals surface area (Å²) in [6, 6.07) is 0.715. The highest BCUT2D eigenvalue weighted by Gasteiger charge is 2.32. The molecule has 1 heterocycles. The van der Waals surface area contributed by atoms with Gasteiger partial charge in [0.2, 0.25) is 0 Å². The number of aromatic nitrogens is 2. The maximum Gasteiger partial charge on any atom is 0.433 e. The summed E-state index contributed by atoms with van der Waals surface area (Å²) < 4.78 is 36.1. The molecule has 4 nitrogen and oxygen atoms in total. The molecule has 0 radical (unpaired) electrons. The van der Waals surface area contributed by atoms with Gasteiger partial charge >= 0.3 is 6.18 Å². The van der Waals surface area contributed by atoms with Gasteiger partial charge in [-0.05, 0) is 6.07 Å². The molecular weight excluding hydrogens is 221 g/mol. The number of nitrogens with zero attached hydrogens (tertiary/aromatic N) is 2. The third-order valence-electron chi connectivity index (χ3n) is 1.19. The second-order valence-corrected chi connectivity index (χ2v) is 2.18. The van der Waals surface area contributed by atoms with E-state index in [1.54, 1.807) is 0 Å². The van der Waals surface area contributed by atoms with Gasteiger partial charge in [0.15, 0.2) is 11.7 Å². The van der Waals surface area contributed by atoms with E-state index in [2.05, 4.69) is 9.97 Å². The number of rotatable bonds is 1. The van der Waals surface area contributed by atoms with Crippen molar-refractivity contribution in [2.75, 3.05) is 0 Å². The smallest absolute Gasteiger partial charge is 0.381 e. The Morgan fingerprint density at radius 2 is 2.00 bits per heavy atom. The van der Waals surface area contributed by atoms with Crippen LogP contribution in [0, 0.1) is 5.41 Å². The van der Waals surface area contributed by atoms with Crippen LogP contribution in [-0.2, 0) is 6.18 Å². The number of hydrogen-bond donors (Lipinski definition) is 2. The molecule has 0 aliphatic heterocycles. The number of nitrogens with two attached hydrogens (primary N) is 1. The van der Waals surface area contributed by atoms with E-state index in [-0.39, 0.29) is 12.4 Å². The zero-order valence-electron chi connectivity index (χ0n) is 6.67. The molecule has 1 aromatic heterocycles. The zero-order chi connectivity index (χ0) is 10.1. The van der Waals surface area contributed by atoms with Gasteiger partial charge in [0, 0.05) is 6.20 Å². The third kappa shape index (κ3) is 2.84. The van der Waals surface area contributed by atoms with Gasteiger partial charge in [-0.15, -0.1) is 12.4 Å². The van der Waals surface area contributed by atoms with E-state index in [0.717, 1.165) is 6.20 Å². The first-order valence-corrected chi connectivity index (χ1v) is 3.16. The normalized spacial score (nSPS) is 10.5. The van der Waals surface area contributed by atoms with Crippen LogP contribution in [0.1, 0.15) is 11.5 Å². The van der Waals surface area contributed by atoms with E-state index in [4.69, 9.17) is 11.1 Å². The highest BCUT2D eigenvalue weighted by atomic mass is 35.5. The van der Waals surface area contributed by atoms with Gasteiger partial charge in [0.25, 0.3) is 0 Å². The standard InChI is InChI=1S/C6H5F3N4.ClH/c7-6(8,9)3-1-2-12-5(13-3)4(10)11;/h1-2H,(H3,10,11);1H. The van der Waals surface area contributed by atoms with E-state index in [9.17, 15) is 13.2 Å². The SMILES string of the molecule is Cl.N=C(N)c1nccc(C(F)(F)F)n1. The minimum Gasteiger partial charge on any atom is -0.381 e. The van der Waals surface area contributed by atoms with Gasteiger partial charge in [-0.2, -0.15) is 13.2 Å². The molecule has 0 aliphatic carbocycles. The van der Waals surface area contributed by atoms with Crippen LogP contribution in [-0.4, -0.2) is 15.8 Å². The summed E-state index contributed by atoms with van der Waals surface area (Å²) in [7, 11) is 0. The minimum atomic E-state index is -4.53. The zero-order valence-corrected chi connectivity index (χ0v) is 7.49. The maximum atomic E-state index is 12.0. The third-order valence-corrected chi connectivity index (χ3v) is 1.19. The van der Waals surface area contributed by atoms with Gasteiger partial charge in [-0.3, -0.25) is 5.41 Å². The second kappa shape index (κ2) is 4.23. The molecule has 0 atom stereocenters. The lowest BCUT2D eigenvalue weighted by Gasteiger charge is -2.05. The van der Waals surface area contributed by atoms with Crippen LogP contribution < -0.4 is 5.73 Å². The topological polar surface area (TPSA) is 75.7 Å². The molecule has 0 unspecified atom stereocenters. The highest BCUT2D eigenvalue weighted by molar-refractivity contribution is 5.91. The van der Waals surface area contributed by atoms with E-state index < -0.39 is 23.5 Å². The van der Waals surface area contributed by atoms with Crippen molar-refractivity contribution in [2.24, 2.45) is 5.73 Å². The summed E-state index contributed by atoms with van der Waals surface area (Å²) in [5.74, 6) is -1.01. The molecule has 0 bridgehead atoms. The molecule has 0 amide bonds. The van der Waals surface area contributed by atoms with Crippen molar-refractivity contribution in [3.8, 4) is 0 Å². The van der Waals surface area contributed by atoms with Crippen molar-refractivity contribution in [1.29, 1.82) is 5.41 Å². The fourth-order valence-corrected chi connectivity index (χ4v) is 0.646. The van der Waals surface area contributed by atoms with Crippen LogP contribution >= 0.6 is 12.4 Å². The van der Waals surface area contributed by atoms with Gasteiger partial charge < -0.3 is 5.73 Å². The predicted molar refractivity (Wildman–Crippen MR) is 45.3 cm³/mol. The lowest BCUT2D eigenvalue weighted by atomic mass is 10.4. The molecular formula is C6H6ClF3N4. The van der Waals surface area contributed by atoms with Crippen LogP contribution in [0.3, 0.4) is 0 Å². The largest absolute Gasteiger partial charge is 0.433 e. The van der Waals surface area contributed by atoms with Crippen molar-refractivity contribution in [2.45, 2.75) is 6.18 Å². The summed E-state index contributed by atoms with van der Waals surface area (Å²) in [6.07, 6.45) is -3.63. The summed E-state index contributed by atoms with van der Waals surface area (Å²) in [4.78, 5) is 6.45. The Bertz CT molecular complexity index is 338. The Morgan fingerprint density at radius 3 is 2.43 bits per heavy atom. The van der Waals surface area contributed by atoms with E-state index in [1.165, 1.54) is 0 Å². The lowest BCUT2D eigenvalue weighted by molar-refractivity contribution is -0.141. The number of nitrogens with one attached hydrogen (secondary N) is 1. The van der Waals surface area contributed by atoms with Crippen molar-refractivity contribution < 1.29 is 13.2 Å². The van der Waals surface area contributed by atoms with E-state index in [1.807, 2.05) is 0 Å². The first-order chi connectivity index (χ1) is 5.91. The van der Waals surface area contributed by atoms with E-state index >= 15 is 0 Å². The van der Waals surface area contributed by atoms with Crippen molar-refractivity contribution in [3.63, 3.8) is 0 Å². The maximum absolute atomic E-state index is 12.0. The number of hydrogen-bond acceptors (Lipinski definition) is 3. The fourth-order valence-electron chi connectivity index (χ4n) is 0.646. The lowest BCUT2D eigenvalue weighted by Crippen LogP contribution is -2.18. The number of nitrogen functional groups attached to an aromatic ring is 1. The Hall–Kier alpha value is -1.37. The molecule has 0 spiro atoms. The molecule has 0 aliphatic rings. The van der Waals surface area contributed by atoms with Crippen LogP contribution in [0.4, 0.5) is 13.2 Å². The molecule has 8 heteroatoms. The van der Waals surface area contributed by atoms with Crippen LogP contribution in [0.15, 0.2) is 12.3 Å². The summed E-state index contributed by atoms with van der Waals surface area (Å²) in [5, 5.41) is 6.82. The van der Waals surface area contributed by atoms with Gasteiger partial charge in [0.1, 0.15) is 5.69 Å². The van der Waals surface area contributed by atoms with Crippen molar-refractivity contribution in [1.82, 2.24) is 9.97 Å². The number of halogens is 4. The van der Waals surface area contributed by atoms with Crippen LogP contribution in [0.25, 0.3) is 0 Å². The van der Waals surface area contributed by atoms with Crippen LogP contribution in [0.2, 0.25) is 0 Å². The monoisotopic (exact) mass is 226 g/mol. The summed E-state index contributed by atoms with van der Waals surface area (Å²) in [6.45, 7) is 0. The quantitative estimate of drug-likeness (QED) is 0.558. The Morgan fingerprint density at radius 1 is 1.43 bits per heavy atom. The number of amidine groups is 1. The Labute approximate surface area is 83.3 Å². The van der Waals surface area contributed by atoms with Crippen LogP contribution in [0.5, 0.6) is 0 Å². The molecule has 0 saturated carbocycles. The molecule has 3 N–H and O–H groups in total. The minimum absolute atomic E-state index is 0. The summed E-state index contributed by atoms with van der Waals surface area (Å²) in [5.41, 5.74) is 3.81. The molecule has 1 rings (SSSR count). The fraction of sp³-hybridized carbons (Fsp3) is 0.167. The molecule has 14 heavy (non-hydrogen) atoms. The molecule has 0 saturated heterocycles. The highest BCUT2D eigenvalue weighted by Crippen LogP contribution is 2.26. The molecule has 0 fully saturated rings. The van der Waals surface area contributed by atoms with Crippen molar-refractivity contribution in [3.05, 3.63) is 23.8 Å². The summed E-state index contributed by atoms with van der Waals surface area (Å²) >= 11 is 0. The van der Waals surface area contributed by atoms with Gasteiger partial charge in [0.05, 0.1) is 0 Å². The Kier molecular flexibility index (Phi) is 3.81. The average Bonchev–Trinajstić information content (AvgIpc) is 2.03. The second-order valence-electron chi connectivity index (χ2n) is 2.18. The first-order valence-electron chi connectivity index (χ1n) is 3.16. The molecule has 0 aromatic carbocycles. The van der Waals surface area contributed by atoms with E-state index in [0.29, 0.717) is 6.07 Å². The molecule has 78 valence electrons.